The highest BCUT2D eigenvalue weighted by molar-refractivity contribution is 5.99. The number of nitrogens with zero attached hydrogens (tertiary/aromatic N) is 1. The summed E-state index contributed by atoms with van der Waals surface area (Å²) < 4.78 is 0. The number of rotatable bonds is 5. The van der Waals surface area contributed by atoms with Gasteiger partial charge in [0.2, 0.25) is 0 Å². The first kappa shape index (κ1) is 15.9. The van der Waals surface area contributed by atoms with Gasteiger partial charge in [-0.25, -0.2) is 0 Å². The molecular weight excluding hydrogens is 278 g/mol. The summed E-state index contributed by atoms with van der Waals surface area (Å²) in [7, 11) is 0. The van der Waals surface area contributed by atoms with Crippen molar-refractivity contribution in [2.24, 2.45) is 5.41 Å². The number of hydrogen-bond acceptors (Lipinski definition) is 3. The zero-order valence-corrected chi connectivity index (χ0v) is 13.0. The first-order valence-electron chi connectivity index (χ1n) is 7.09. The van der Waals surface area contributed by atoms with E-state index in [0.717, 1.165) is 16.8 Å². The van der Waals surface area contributed by atoms with Gasteiger partial charge in [-0.2, -0.15) is 0 Å². The summed E-state index contributed by atoms with van der Waals surface area (Å²) in [6, 6.07) is 11.1. The first-order chi connectivity index (χ1) is 10.3. The van der Waals surface area contributed by atoms with E-state index in [-0.39, 0.29) is 12.2 Å². The molecule has 0 aliphatic carbocycles. The van der Waals surface area contributed by atoms with Crippen LogP contribution in [0.1, 0.15) is 36.3 Å². The second-order valence-corrected chi connectivity index (χ2v) is 6.05. The Bertz CT molecular complexity index is 685. The van der Waals surface area contributed by atoms with Crippen molar-refractivity contribution in [3.8, 4) is 11.1 Å². The van der Waals surface area contributed by atoms with Crippen molar-refractivity contribution in [1.82, 2.24) is 4.98 Å². The van der Waals surface area contributed by atoms with Crippen molar-refractivity contribution in [2.75, 3.05) is 0 Å². The summed E-state index contributed by atoms with van der Waals surface area (Å²) >= 11 is 0. The molecule has 1 N–H and O–H groups in total. The average Bonchev–Trinajstić information content (AvgIpc) is 2.47. The summed E-state index contributed by atoms with van der Waals surface area (Å²) in [6.07, 6.45) is 1.77. The van der Waals surface area contributed by atoms with Gasteiger partial charge in [-0.05, 0) is 32.4 Å². The van der Waals surface area contributed by atoms with E-state index in [2.05, 4.69) is 4.98 Å². The molecule has 0 aliphatic heterocycles. The molecule has 0 saturated carbocycles. The molecule has 1 aromatic carbocycles. The quantitative estimate of drug-likeness (QED) is 0.854. The van der Waals surface area contributed by atoms with Gasteiger partial charge in [0.25, 0.3) is 0 Å². The van der Waals surface area contributed by atoms with Crippen LogP contribution in [0, 0.1) is 12.3 Å². The Hall–Kier alpha value is -2.49. The zero-order chi connectivity index (χ0) is 16.3. The molecule has 0 atom stereocenters. The van der Waals surface area contributed by atoms with Crippen LogP contribution in [0.15, 0.2) is 42.6 Å². The number of aliphatic carboxylic acids is 1. The van der Waals surface area contributed by atoms with Gasteiger partial charge in [0.1, 0.15) is 0 Å². The SMILES string of the molecule is Cc1ccc(-c2ccc(C(=O)CC(C)(C)C(=O)O)cc2)cn1. The van der Waals surface area contributed by atoms with Crippen molar-refractivity contribution in [3.63, 3.8) is 0 Å². The number of pyridine rings is 1. The minimum atomic E-state index is -1.06. The molecule has 0 amide bonds. The van der Waals surface area contributed by atoms with Crippen LogP contribution in [0.4, 0.5) is 0 Å². The van der Waals surface area contributed by atoms with E-state index < -0.39 is 11.4 Å². The number of hydrogen-bond donors (Lipinski definition) is 1. The van der Waals surface area contributed by atoms with E-state index in [9.17, 15) is 9.59 Å². The third kappa shape index (κ3) is 3.58. The molecule has 0 spiro atoms. The Morgan fingerprint density at radius 2 is 1.64 bits per heavy atom. The lowest BCUT2D eigenvalue weighted by Crippen LogP contribution is -2.26. The number of aromatic nitrogens is 1. The highest BCUT2D eigenvalue weighted by Crippen LogP contribution is 2.25. The minimum Gasteiger partial charge on any atom is -0.481 e. The first-order valence-corrected chi connectivity index (χ1v) is 7.09. The van der Waals surface area contributed by atoms with Crippen molar-refractivity contribution < 1.29 is 14.7 Å². The lowest BCUT2D eigenvalue weighted by molar-refractivity contribution is -0.146. The Morgan fingerprint density at radius 3 is 2.14 bits per heavy atom. The molecule has 1 heterocycles. The second kappa shape index (κ2) is 6.10. The molecule has 114 valence electrons. The Kier molecular flexibility index (Phi) is 4.40. The third-order valence-electron chi connectivity index (χ3n) is 3.63. The van der Waals surface area contributed by atoms with E-state index in [1.165, 1.54) is 0 Å². The average molecular weight is 297 g/mol. The predicted octanol–water partition coefficient (Wildman–Crippen LogP) is 3.74. The fourth-order valence-electron chi connectivity index (χ4n) is 2.07. The van der Waals surface area contributed by atoms with Crippen molar-refractivity contribution in [2.45, 2.75) is 27.2 Å². The molecule has 0 unspecified atom stereocenters. The Labute approximate surface area is 129 Å². The normalized spacial score (nSPS) is 11.2. The highest BCUT2D eigenvalue weighted by atomic mass is 16.4. The van der Waals surface area contributed by atoms with Crippen LogP contribution in [0.25, 0.3) is 11.1 Å². The Balaban J connectivity index is 2.16. The van der Waals surface area contributed by atoms with Gasteiger partial charge < -0.3 is 5.11 Å². The summed E-state index contributed by atoms with van der Waals surface area (Å²) in [6.45, 7) is 5.04. The van der Waals surface area contributed by atoms with Crippen molar-refractivity contribution >= 4 is 11.8 Å². The van der Waals surface area contributed by atoms with Crippen LogP contribution in [-0.2, 0) is 4.79 Å². The molecule has 0 radical (unpaired) electrons. The van der Waals surface area contributed by atoms with Gasteiger partial charge >= 0.3 is 5.97 Å². The number of carboxylic acid groups (broad SMARTS) is 1. The second-order valence-electron chi connectivity index (χ2n) is 6.05. The van der Waals surface area contributed by atoms with Crippen molar-refractivity contribution in [1.29, 1.82) is 0 Å². The molecule has 22 heavy (non-hydrogen) atoms. The lowest BCUT2D eigenvalue weighted by Gasteiger charge is -2.17. The monoisotopic (exact) mass is 297 g/mol. The molecule has 2 aromatic rings. The minimum absolute atomic E-state index is 0.0201. The third-order valence-corrected chi connectivity index (χ3v) is 3.63. The van der Waals surface area contributed by atoms with E-state index in [0.29, 0.717) is 5.56 Å². The van der Waals surface area contributed by atoms with Gasteiger partial charge in [-0.3, -0.25) is 14.6 Å². The molecule has 0 saturated heterocycles. The number of ketones is 1. The molecule has 4 heteroatoms. The summed E-state index contributed by atoms with van der Waals surface area (Å²) in [5.74, 6) is -1.14. The molecule has 0 bridgehead atoms. The zero-order valence-electron chi connectivity index (χ0n) is 13.0. The largest absolute Gasteiger partial charge is 0.481 e. The van der Waals surface area contributed by atoms with E-state index in [1.54, 1.807) is 32.2 Å². The van der Waals surface area contributed by atoms with Crippen molar-refractivity contribution in [3.05, 3.63) is 53.9 Å². The number of carbonyl (C=O) groups excluding carboxylic acids is 1. The summed E-state index contributed by atoms with van der Waals surface area (Å²) in [4.78, 5) is 27.5. The smallest absolute Gasteiger partial charge is 0.309 e. The molecule has 0 aliphatic rings. The fraction of sp³-hybridized carbons (Fsp3) is 0.278. The molecule has 4 nitrogen and oxygen atoms in total. The van der Waals surface area contributed by atoms with Crippen LogP contribution < -0.4 is 0 Å². The lowest BCUT2D eigenvalue weighted by atomic mass is 9.85. The van der Waals surface area contributed by atoms with Gasteiger partial charge in [0.05, 0.1) is 5.41 Å². The highest BCUT2D eigenvalue weighted by Gasteiger charge is 2.30. The fourth-order valence-corrected chi connectivity index (χ4v) is 2.07. The molecule has 0 fully saturated rings. The van der Waals surface area contributed by atoms with E-state index in [4.69, 9.17) is 5.11 Å². The maximum atomic E-state index is 12.2. The standard InChI is InChI=1S/C18H19NO3/c1-12-4-5-15(11-19-12)13-6-8-14(9-7-13)16(20)10-18(2,3)17(21)22/h4-9,11H,10H2,1-3H3,(H,21,22). The van der Waals surface area contributed by atoms with Gasteiger partial charge in [-0.15, -0.1) is 0 Å². The van der Waals surface area contributed by atoms with E-state index in [1.807, 2.05) is 31.2 Å². The Morgan fingerprint density at radius 1 is 1.05 bits per heavy atom. The molecular formula is C18H19NO3. The number of benzene rings is 1. The van der Waals surface area contributed by atoms with Crippen LogP contribution in [-0.4, -0.2) is 21.8 Å². The maximum Gasteiger partial charge on any atom is 0.309 e. The predicted molar refractivity (Wildman–Crippen MR) is 84.8 cm³/mol. The van der Waals surface area contributed by atoms with Crippen LogP contribution in [0.2, 0.25) is 0 Å². The van der Waals surface area contributed by atoms with Crippen LogP contribution in [0.3, 0.4) is 0 Å². The number of carboxylic acids is 1. The van der Waals surface area contributed by atoms with Gasteiger partial charge in [-0.1, -0.05) is 30.3 Å². The van der Waals surface area contributed by atoms with Crippen LogP contribution >= 0.6 is 0 Å². The number of Topliss-reactive ketones (excluding diaryl/α,β-unsaturated/α-hetero) is 1. The molecule has 2 rings (SSSR count). The van der Waals surface area contributed by atoms with E-state index >= 15 is 0 Å². The summed E-state index contributed by atoms with van der Waals surface area (Å²) in [5.41, 5.74) is 2.37. The number of aryl methyl sites for hydroxylation is 1. The van der Waals surface area contributed by atoms with Crippen LogP contribution in [0.5, 0.6) is 0 Å². The topological polar surface area (TPSA) is 67.3 Å². The van der Waals surface area contributed by atoms with Gasteiger partial charge in [0.15, 0.2) is 5.78 Å². The summed E-state index contributed by atoms with van der Waals surface area (Å²) in [5, 5.41) is 9.09. The maximum absolute atomic E-state index is 12.2. The van der Waals surface area contributed by atoms with Gasteiger partial charge in [0, 0.05) is 29.4 Å². The molecule has 1 aromatic heterocycles. The number of carbonyl (C=O) groups is 2.